The van der Waals surface area contributed by atoms with Crippen LogP contribution >= 0.6 is 0 Å². The fourth-order valence-electron chi connectivity index (χ4n) is 13.6. The average molecular weight is 808 g/mol. The van der Waals surface area contributed by atoms with Gasteiger partial charge in [-0.05, 0) is 94.8 Å². The highest BCUT2D eigenvalue weighted by Gasteiger charge is 2.61. The molecular formula is C59H46BN3. The summed E-state index contributed by atoms with van der Waals surface area (Å²) in [5.74, 6) is 0. The lowest BCUT2D eigenvalue weighted by atomic mass is 9.33. The van der Waals surface area contributed by atoms with Gasteiger partial charge in [-0.25, -0.2) is 0 Å². The summed E-state index contributed by atoms with van der Waals surface area (Å²) in [5.41, 5.74) is 22.0. The molecule has 14 rings (SSSR count). The number of anilines is 5. The highest BCUT2D eigenvalue weighted by Crippen LogP contribution is 2.63. The second kappa shape index (κ2) is 12.5. The van der Waals surface area contributed by atoms with Gasteiger partial charge in [0.1, 0.15) is 0 Å². The van der Waals surface area contributed by atoms with Gasteiger partial charge >= 0.3 is 0 Å². The molecule has 8 aromatic carbocycles. The predicted octanol–water partition coefficient (Wildman–Crippen LogP) is 12.3. The largest absolute Gasteiger partial charge is 0.335 e. The van der Waals surface area contributed by atoms with E-state index in [4.69, 9.17) is 0 Å². The van der Waals surface area contributed by atoms with Crippen molar-refractivity contribution in [3.05, 3.63) is 222 Å². The van der Waals surface area contributed by atoms with Crippen molar-refractivity contribution in [3.8, 4) is 16.9 Å². The fraction of sp³-hybridized carbons (Fsp3) is 0.153. The molecular weight excluding hydrogens is 761 g/mol. The van der Waals surface area contributed by atoms with Crippen LogP contribution in [0.1, 0.15) is 67.3 Å². The van der Waals surface area contributed by atoms with Crippen molar-refractivity contribution in [1.29, 1.82) is 0 Å². The van der Waals surface area contributed by atoms with Crippen molar-refractivity contribution in [2.45, 2.75) is 55.9 Å². The Morgan fingerprint density at radius 1 is 0.524 bits per heavy atom. The van der Waals surface area contributed by atoms with Crippen LogP contribution in [-0.4, -0.2) is 16.8 Å². The molecule has 0 radical (unpaired) electrons. The Morgan fingerprint density at radius 3 is 1.79 bits per heavy atom. The van der Waals surface area contributed by atoms with Gasteiger partial charge in [-0.2, -0.15) is 0 Å². The number of hydrogen-bond acceptors (Lipinski definition) is 2. The highest BCUT2D eigenvalue weighted by atomic mass is 15.3. The van der Waals surface area contributed by atoms with Crippen LogP contribution in [0.4, 0.5) is 28.4 Å². The van der Waals surface area contributed by atoms with E-state index in [2.05, 4.69) is 222 Å². The second-order valence-electron chi connectivity index (χ2n) is 19.1. The molecule has 4 heterocycles. The number of hydrogen-bond donors (Lipinski definition) is 0. The normalized spacial score (nSPS) is 20.2. The Labute approximate surface area is 370 Å². The lowest BCUT2D eigenvalue weighted by Gasteiger charge is -2.52. The summed E-state index contributed by atoms with van der Waals surface area (Å²) in [6.07, 6.45) is 4.86. The topological polar surface area (TPSA) is 11.4 Å². The van der Waals surface area contributed by atoms with E-state index >= 15 is 0 Å². The van der Waals surface area contributed by atoms with Crippen LogP contribution in [0.25, 0.3) is 27.8 Å². The van der Waals surface area contributed by atoms with Gasteiger partial charge in [-0.1, -0.05) is 177 Å². The minimum atomic E-state index is -0.531. The summed E-state index contributed by atoms with van der Waals surface area (Å²) in [4.78, 5) is 5.35. The first-order chi connectivity index (χ1) is 31.0. The molecule has 9 aromatic rings. The first-order valence-electron chi connectivity index (χ1n) is 22.9. The van der Waals surface area contributed by atoms with E-state index in [9.17, 15) is 0 Å². The lowest BCUT2D eigenvalue weighted by Crippen LogP contribution is -2.64. The molecule has 0 bridgehead atoms. The van der Waals surface area contributed by atoms with Crippen LogP contribution in [-0.2, 0) is 10.8 Å². The zero-order chi connectivity index (χ0) is 41.7. The van der Waals surface area contributed by atoms with Crippen LogP contribution in [0.2, 0.25) is 0 Å². The predicted molar refractivity (Wildman–Crippen MR) is 263 cm³/mol. The molecule has 2 unspecified atom stereocenters. The second-order valence-corrected chi connectivity index (χ2v) is 19.1. The molecule has 0 spiro atoms. The Bertz CT molecular complexity index is 3260. The molecule has 4 heteroatoms. The Morgan fingerprint density at radius 2 is 1.10 bits per heavy atom. The molecule has 1 fully saturated rings. The average Bonchev–Trinajstić information content (AvgIpc) is 3.92. The third kappa shape index (κ3) is 4.27. The van der Waals surface area contributed by atoms with Crippen LogP contribution in [0.15, 0.2) is 194 Å². The zero-order valence-corrected chi connectivity index (χ0v) is 35.7. The molecule has 3 aliphatic heterocycles. The number of aromatic nitrogens is 1. The van der Waals surface area contributed by atoms with E-state index < -0.39 is 5.41 Å². The van der Waals surface area contributed by atoms with E-state index in [1.54, 1.807) is 0 Å². The number of para-hydroxylation sites is 4. The van der Waals surface area contributed by atoms with E-state index in [1.165, 1.54) is 108 Å². The Hall–Kier alpha value is -7.04. The number of benzene rings is 8. The maximum atomic E-state index is 2.87. The summed E-state index contributed by atoms with van der Waals surface area (Å²) in [6.45, 7) is 5.25. The first kappa shape index (κ1) is 35.5. The molecule has 2 aliphatic carbocycles. The molecule has 3 nitrogen and oxygen atoms in total. The van der Waals surface area contributed by atoms with Crippen LogP contribution in [0, 0.1) is 0 Å². The molecule has 0 N–H and O–H groups in total. The highest BCUT2D eigenvalue weighted by molar-refractivity contribution is 7.00. The standard InChI is InChI=1S/C59H46BN3/c1-57-35-17-18-36-58(57,2)63-51-38-43(61(41-25-11-5-12-26-41)42-27-13-6-14-28-42)37-50-53(51)60(49-34-20-32-47(57)56(49)63)48-33-19-30-45-52-55(62(50)54(45)48)44-29-15-16-31-46(44)59(52,39-21-7-3-8-22-39)40-23-9-4-10-24-40/h3-16,19-34,37-38H,17-18,35-36H2,1-2H3. The van der Waals surface area contributed by atoms with Crippen molar-refractivity contribution >= 4 is 62.4 Å². The summed E-state index contributed by atoms with van der Waals surface area (Å²) >= 11 is 0. The maximum Gasteiger partial charge on any atom is 0.252 e. The van der Waals surface area contributed by atoms with E-state index in [0.29, 0.717) is 0 Å². The van der Waals surface area contributed by atoms with E-state index in [1.807, 2.05) is 0 Å². The van der Waals surface area contributed by atoms with Gasteiger partial charge in [0.05, 0.1) is 22.3 Å². The van der Waals surface area contributed by atoms with Crippen molar-refractivity contribution in [3.63, 3.8) is 0 Å². The monoisotopic (exact) mass is 807 g/mol. The Kier molecular flexibility index (Phi) is 7.08. The molecule has 2 atom stereocenters. The fourth-order valence-corrected chi connectivity index (χ4v) is 13.6. The summed E-state index contributed by atoms with van der Waals surface area (Å²) in [5, 5.41) is 1.33. The van der Waals surface area contributed by atoms with Crippen LogP contribution < -0.4 is 26.2 Å². The molecule has 5 aliphatic rings. The minimum absolute atomic E-state index is 0.0258. The van der Waals surface area contributed by atoms with Crippen LogP contribution in [0.3, 0.4) is 0 Å². The van der Waals surface area contributed by atoms with Crippen LogP contribution in [0.5, 0.6) is 0 Å². The van der Waals surface area contributed by atoms with E-state index in [0.717, 1.165) is 17.8 Å². The van der Waals surface area contributed by atoms with Crippen molar-refractivity contribution in [1.82, 2.24) is 4.57 Å². The molecule has 63 heavy (non-hydrogen) atoms. The van der Waals surface area contributed by atoms with Gasteiger partial charge in [0.2, 0.25) is 0 Å². The van der Waals surface area contributed by atoms with E-state index in [-0.39, 0.29) is 17.7 Å². The van der Waals surface area contributed by atoms with Gasteiger partial charge in [0, 0.05) is 55.9 Å². The quantitative estimate of drug-likeness (QED) is 0.161. The first-order valence-corrected chi connectivity index (χ1v) is 22.9. The summed E-state index contributed by atoms with van der Waals surface area (Å²) in [7, 11) is 0. The Balaban J connectivity index is 1.18. The van der Waals surface area contributed by atoms with Gasteiger partial charge < -0.3 is 14.4 Å². The minimum Gasteiger partial charge on any atom is -0.335 e. The lowest BCUT2D eigenvalue weighted by molar-refractivity contribution is 0.195. The van der Waals surface area contributed by atoms with Gasteiger partial charge in [0.25, 0.3) is 6.71 Å². The molecule has 0 saturated heterocycles. The number of nitrogens with zero attached hydrogens (tertiary/aromatic N) is 3. The molecule has 300 valence electrons. The van der Waals surface area contributed by atoms with Gasteiger partial charge in [-0.15, -0.1) is 0 Å². The maximum absolute atomic E-state index is 2.87. The third-order valence-electron chi connectivity index (χ3n) is 16.4. The van der Waals surface area contributed by atoms with Crippen molar-refractivity contribution < 1.29 is 0 Å². The van der Waals surface area contributed by atoms with Gasteiger partial charge in [0.15, 0.2) is 0 Å². The summed E-state index contributed by atoms with van der Waals surface area (Å²) in [6, 6.07) is 73.5. The molecule has 1 saturated carbocycles. The summed E-state index contributed by atoms with van der Waals surface area (Å²) < 4.78 is 2.73. The number of rotatable bonds is 5. The SMILES string of the molecule is CC12CCCCC1(C)N1c3cc(N(c4ccccc4)c4ccccc4)cc4c3B(c3cccc2c31)c1cccc2c3c(n-4c12)-c1ccccc1C3(c1ccccc1)c1ccccc1. The number of fused-ring (bicyclic) bond motifs is 12. The van der Waals surface area contributed by atoms with Crippen molar-refractivity contribution in [2.75, 3.05) is 9.80 Å². The smallest absolute Gasteiger partial charge is 0.252 e. The third-order valence-corrected chi connectivity index (χ3v) is 16.4. The van der Waals surface area contributed by atoms with Gasteiger partial charge in [-0.3, -0.25) is 0 Å². The van der Waals surface area contributed by atoms with Crippen molar-refractivity contribution in [2.24, 2.45) is 0 Å². The molecule has 0 amide bonds. The zero-order valence-electron chi connectivity index (χ0n) is 35.7. The molecule has 1 aromatic heterocycles.